The van der Waals surface area contributed by atoms with Crippen molar-refractivity contribution in [2.45, 2.75) is 33.7 Å². The Morgan fingerprint density at radius 3 is 2.33 bits per heavy atom. The number of carbonyl (C=O) groups excluding carboxylic acids is 1. The second-order valence-electron chi connectivity index (χ2n) is 5.52. The number of amides is 1. The molecular weight excluding hydrogens is 280 g/mol. The van der Waals surface area contributed by atoms with Crippen molar-refractivity contribution >= 4 is 11.9 Å². The van der Waals surface area contributed by atoms with Gasteiger partial charge in [-0.05, 0) is 38.5 Å². The van der Waals surface area contributed by atoms with Crippen LogP contribution < -0.4 is 0 Å². The standard InChI is InChI=1S/C15H19F2NO3/c1-4-18(13(19)8-15(2,3)14(20)21)9-10-5-6-11(16)12(17)7-10/h5-7H,4,8-9H2,1-3H3,(H,20,21). The van der Waals surface area contributed by atoms with E-state index in [0.29, 0.717) is 12.1 Å². The van der Waals surface area contributed by atoms with Gasteiger partial charge in [-0.25, -0.2) is 8.78 Å². The quantitative estimate of drug-likeness (QED) is 0.878. The van der Waals surface area contributed by atoms with Gasteiger partial charge >= 0.3 is 5.97 Å². The zero-order valence-electron chi connectivity index (χ0n) is 12.3. The van der Waals surface area contributed by atoms with Crippen molar-refractivity contribution < 1.29 is 23.5 Å². The monoisotopic (exact) mass is 299 g/mol. The van der Waals surface area contributed by atoms with Gasteiger partial charge in [-0.15, -0.1) is 0 Å². The molecule has 0 bridgehead atoms. The first-order valence-electron chi connectivity index (χ1n) is 6.62. The Bertz CT molecular complexity index is 544. The summed E-state index contributed by atoms with van der Waals surface area (Å²) < 4.78 is 26.0. The minimum Gasteiger partial charge on any atom is -0.481 e. The molecule has 116 valence electrons. The lowest BCUT2D eigenvalue weighted by Gasteiger charge is -2.25. The third-order valence-electron chi connectivity index (χ3n) is 3.26. The van der Waals surface area contributed by atoms with Crippen LogP contribution in [0, 0.1) is 17.0 Å². The van der Waals surface area contributed by atoms with E-state index in [9.17, 15) is 18.4 Å². The highest BCUT2D eigenvalue weighted by atomic mass is 19.2. The number of nitrogens with zero attached hydrogens (tertiary/aromatic N) is 1. The molecule has 0 heterocycles. The van der Waals surface area contributed by atoms with Gasteiger partial charge in [-0.1, -0.05) is 6.07 Å². The van der Waals surface area contributed by atoms with E-state index in [1.165, 1.54) is 24.8 Å². The van der Waals surface area contributed by atoms with Gasteiger partial charge in [0.25, 0.3) is 0 Å². The Hall–Kier alpha value is -1.98. The van der Waals surface area contributed by atoms with Crippen LogP contribution in [0.15, 0.2) is 18.2 Å². The summed E-state index contributed by atoms with van der Waals surface area (Å²) in [7, 11) is 0. The summed E-state index contributed by atoms with van der Waals surface area (Å²) in [6, 6.07) is 3.44. The van der Waals surface area contributed by atoms with Crippen molar-refractivity contribution in [1.82, 2.24) is 4.90 Å². The summed E-state index contributed by atoms with van der Waals surface area (Å²) in [6.45, 7) is 5.15. The molecular formula is C15H19F2NO3. The number of carbonyl (C=O) groups is 2. The van der Waals surface area contributed by atoms with Crippen LogP contribution in [0.1, 0.15) is 32.8 Å². The Morgan fingerprint density at radius 1 is 1.24 bits per heavy atom. The third kappa shape index (κ3) is 4.51. The molecule has 0 aliphatic carbocycles. The van der Waals surface area contributed by atoms with E-state index in [-0.39, 0.29) is 18.9 Å². The molecule has 0 saturated heterocycles. The first-order valence-corrected chi connectivity index (χ1v) is 6.62. The van der Waals surface area contributed by atoms with E-state index in [0.717, 1.165) is 12.1 Å². The number of rotatable bonds is 6. The van der Waals surface area contributed by atoms with Crippen molar-refractivity contribution in [2.75, 3.05) is 6.54 Å². The second-order valence-corrected chi connectivity index (χ2v) is 5.52. The maximum Gasteiger partial charge on any atom is 0.309 e. The predicted octanol–water partition coefficient (Wildman–Crippen LogP) is 2.81. The molecule has 4 nitrogen and oxygen atoms in total. The number of benzene rings is 1. The number of carboxylic acids is 1. The fourth-order valence-electron chi connectivity index (χ4n) is 1.80. The Labute approximate surface area is 122 Å². The second kappa shape index (κ2) is 6.65. The molecule has 1 aromatic carbocycles. The topological polar surface area (TPSA) is 57.6 Å². The van der Waals surface area contributed by atoms with Crippen molar-refractivity contribution in [2.24, 2.45) is 5.41 Å². The van der Waals surface area contributed by atoms with Crippen molar-refractivity contribution in [1.29, 1.82) is 0 Å². The predicted molar refractivity (Wildman–Crippen MR) is 73.5 cm³/mol. The van der Waals surface area contributed by atoms with E-state index in [1.54, 1.807) is 6.92 Å². The number of carboxylic acid groups (broad SMARTS) is 1. The lowest BCUT2D eigenvalue weighted by molar-refractivity contribution is -0.151. The van der Waals surface area contributed by atoms with Crippen LogP contribution >= 0.6 is 0 Å². The molecule has 0 aliphatic heterocycles. The van der Waals surface area contributed by atoms with E-state index in [4.69, 9.17) is 5.11 Å². The first kappa shape index (κ1) is 17.1. The van der Waals surface area contributed by atoms with Gasteiger partial charge in [0.15, 0.2) is 11.6 Å². The number of aliphatic carboxylic acids is 1. The number of hydrogen-bond acceptors (Lipinski definition) is 2. The van der Waals surface area contributed by atoms with Crippen molar-refractivity contribution in [3.8, 4) is 0 Å². The van der Waals surface area contributed by atoms with E-state index in [1.807, 2.05) is 0 Å². The maximum absolute atomic E-state index is 13.2. The molecule has 0 saturated carbocycles. The largest absolute Gasteiger partial charge is 0.481 e. The van der Waals surface area contributed by atoms with Gasteiger partial charge in [0.05, 0.1) is 5.41 Å². The molecule has 0 atom stereocenters. The van der Waals surface area contributed by atoms with Gasteiger partial charge in [-0.2, -0.15) is 0 Å². The van der Waals surface area contributed by atoms with E-state index >= 15 is 0 Å². The SMILES string of the molecule is CCN(Cc1ccc(F)c(F)c1)C(=O)CC(C)(C)C(=O)O. The Balaban J connectivity index is 2.81. The molecule has 0 aromatic heterocycles. The molecule has 1 N–H and O–H groups in total. The van der Waals surface area contributed by atoms with Crippen LogP contribution in [0.4, 0.5) is 8.78 Å². The highest BCUT2D eigenvalue weighted by Gasteiger charge is 2.31. The molecule has 21 heavy (non-hydrogen) atoms. The van der Waals surface area contributed by atoms with Gasteiger partial charge in [0.1, 0.15) is 0 Å². The van der Waals surface area contributed by atoms with Crippen molar-refractivity contribution in [3.05, 3.63) is 35.4 Å². The third-order valence-corrected chi connectivity index (χ3v) is 3.26. The van der Waals surface area contributed by atoms with Crippen LogP contribution in [-0.2, 0) is 16.1 Å². The lowest BCUT2D eigenvalue weighted by Crippen LogP contribution is -2.36. The molecule has 0 spiro atoms. The van der Waals surface area contributed by atoms with Gasteiger partial charge in [-0.3, -0.25) is 9.59 Å². The van der Waals surface area contributed by atoms with Crippen LogP contribution in [0.25, 0.3) is 0 Å². The summed E-state index contributed by atoms with van der Waals surface area (Å²) in [5.41, 5.74) is -0.712. The molecule has 1 aromatic rings. The molecule has 1 rings (SSSR count). The fraction of sp³-hybridized carbons (Fsp3) is 0.467. The van der Waals surface area contributed by atoms with Gasteiger partial charge in [0.2, 0.25) is 5.91 Å². The van der Waals surface area contributed by atoms with Crippen molar-refractivity contribution in [3.63, 3.8) is 0 Å². The molecule has 0 radical (unpaired) electrons. The normalized spacial score (nSPS) is 11.3. The average Bonchev–Trinajstić information content (AvgIpc) is 2.39. The van der Waals surface area contributed by atoms with Crippen LogP contribution in [-0.4, -0.2) is 28.4 Å². The molecule has 1 amide bonds. The molecule has 6 heteroatoms. The molecule has 0 aliphatic rings. The Kier molecular flexibility index (Phi) is 5.41. The minimum atomic E-state index is -1.17. The highest BCUT2D eigenvalue weighted by molar-refractivity contribution is 5.84. The smallest absolute Gasteiger partial charge is 0.309 e. The zero-order valence-corrected chi connectivity index (χ0v) is 12.3. The van der Waals surface area contributed by atoms with Crippen LogP contribution in [0.3, 0.4) is 0 Å². The fourth-order valence-corrected chi connectivity index (χ4v) is 1.80. The van der Waals surface area contributed by atoms with E-state index in [2.05, 4.69) is 0 Å². The summed E-state index contributed by atoms with van der Waals surface area (Å²) in [6.07, 6.45) is -0.153. The minimum absolute atomic E-state index is 0.113. The average molecular weight is 299 g/mol. The highest BCUT2D eigenvalue weighted by Crippen LogP contribution is 2.22. The summed E-state index contributed by atoms with van der Waals surface area (Å²) in [5.74, 6) is -3.31. The summed E-state index contributed by atoms with van der Waals surface area (Å²) in [5, 5.41) is 9.04. The van der Waals surface area contributed by atoms with E-state index < -0.39 is 23.0 Å². The zero-order chi connectivity index (χ0) is 16.2. The number of hydrogen-bond donors (Lipinski definition) is 1. The maximum atomic E-state index is 13.2. The van der Waals surface area contributed by atoms with Gasteiger partial charge in [0, 0.05) is 19.5 Å². The van der Waals surface area contributed by atoms with Crippen LogP contribution in [0.5, 0.6) is 0 Å². The molecule has 0 unspecified atom stereocenters. The molecule has 0 fully saturated rings. The Morgan fingerprint density at radius 2 is 1.86 bits per heavy atom. The first-order chi connectivity index (χ1) is 9.67. The van der Waals surface area contributed by atoms with Gasteiger partial charge < -0.3 is 10.0 Å². The lowest BCUT2D eigenvalue weighted by atomic mass is 9.89. The number of halogens is 2. The summed E-state index contributed by atoms with van der Waals surface area (Å²) >= 11 is 0. The summed E-state index contributed by atoms with van der Waals surface area (Å²) in [4.78, 5) is 24.6. The van der Waals surface area contributed by atoms with Crippen LogP contribution in [0.2, 0.25) is 0 Å².